The zero-order chi connectivity index (χ0) is 14.4. The van der Waals surface area contributed by atoms with Crippen molar-refractivity contribution in [2.75, 3.05) is 13.6 Å². The highest BCUT2D eigenvalue weighted by molar-refractivity contribution is 5.19. The second kappa shape index (κ2) is 7.12. The predicted molar refractivity (Wildman–Crippen MR) is 78.5 cm³/mol. The van der Waals surface area contributed by atoms with Crippen molar-refractivity contribution in [3.05, 3.63) is 65.7 Å². The van der Waals surface area contributed by atoms with Gasteiger partial charge in [-0.3, -0.25) is 4.98 Å². The first-order chi connectivity index (χ1) is 9.65. The smallest absolute Gasteiger partial charge is 0.123 e. The summed E-state index contributed by atoms with van der Waals surface area (Å²) < 4.78 is 12.9. The third kappa shape index (κ3) is 4.40. The number of pyridine rings is 1. The van der Waals surface area contributed by atoms with E-state index in [-0.39, 0.29) is 11.9 Å². The number of nitrogens with zero attached hydrogens (tertiary/aromatic N) is 2. The molecule has 1 unspecified atom stereocenters. The molecule has 0 fully saturated rings. The summed E-state index contributed by atoms with van der Waals surface area (Å²) >= 11 is 0. The van der Waals surface area contributed by atoms with Crippen LogP contribution >= 0.6 is 0 Å². The van der Waals surface area contributed by atoms with Gasteiger partial charge in [-0.25, -0.2) is 4.39 Å². The Morgan fingerprint density at radius 3 is 2.60 bits per heavy atom. The van der Waals surface area contributed by atoms with Gasteiger partial charge in [-0.15, -0.1) is 0 Å². The number of nitrogens with two attached hydrogens (primary N) is 1. The van der Waals surface area contributed by atoms with Crippen LogP contribution in [0.15, 0.2) is 48.7 Å². The van der Waals surface area contributed by atoms with Crippen molar-refractivity contribution in [1.82, 2.24) is 9.88 Å². The van der Waals surface area contributed by atoms with E-state index < -0.39 is 0 Å². The molecule has 4 heteroatoms. The third-order valence-electron chi connectivity index (χ3n) is 3.28. The predicted octanol–water partition coefficient (Wildman–Crippen LogP) is 2.74. The zero-order valence-corrected chi connectivity index (χ0v) is 11.7. The minimum atomic E-state index is -0.228. The molecule has 1 heterocycles. The second-order valence-corrected chi connectivity index (χ2v) is 5.01. The van der Waals surface area contributed by atoms with E-state index in [1.807, 2.05) is 25.2 Å². The van der Waals surface area contributed by atoms with Crippen LogP contribution in [0.25, 0.3) is 0 Å². The van der Waals surface area contributed by atoms with E-state index in [1.165, 1.54) is 12.1 Å². The summed E-state index contributed by atoms with van der Waals surface area (Å²) in [6.45, 7) is 1.67. The Hall–Kier alpha value is -1.78. The molecule has 20 heavy (non-hydrogen) atoms. The van der Waals surface area contributed by atoms with Gasteiger partial charge < -0.3 is 10.6 Å². The number of hydrogen-bond donors (Lipinski definition) is 1. The SMILES string of the molecule is CN(CCC(N)c1ccc(F)cc1)Cc1ccccn1. The lowest BCUT2D eigenvalue weighted by Gasteiger charge is -2.19. The maximum atomic E-state index is 12.9. The van der Waals surface area contributed by atoms with E-state index in [9.17, 15) is 4.39 Å². The van der Waals surface area contributed by atoms with Gasteiger partial charge in [0.2, 0.25) is 0 Å². The zero-order valence-electron chi connectivity index (χ0n) is 11.7. The highest BCUT2D eigenvalue weighted by atomic mass is 19.1. The molecule has 1 aromatic heterocycles. The highest BCUT2D eigenvalue weighted by Gasteiger charge is 2.08. The molecule has 0 saturated carbocycles. The number of aromatic nitrogens is 1. The number of benzene rings is 1. The standard InChI is InChI=1S/C16H20FN3/c1-20(12-15-4-2-3-10-19-15)11-9-16(18)13-5-7-14(17)8-6-13/h2-8,10,16H,9,11-12,18H2,1H3. The average Bonchev–Trinajstić information content (AvgIpc) is 2.46. The average molecular weight is 273 g/mol. The molecule has 0 saturated heterocycles. The Morgan fingerprint density at radius 2 is 1.95 bits per heavy atom. The third-order valence-corrected chi connectivity index (χ3v) is 3.28. The molecule has 1 aromatic carbocycles. The molecule has 106 valence electrons. The van der Waals surface area contributed by atoms with Crippen LogP contribution < -0.4 is 5.73 Å². The summed E-state index contributed by atoms with van der Waals surface area (Å²) in [5.74, 6) is -0.228. The minimum absolute atomic E-state index is 0.0678. The summed E-state index contributed by atoms with van der Waals surface area (Å²) in [4.78, 5) is 6.49. The topological polar surface area (TPSA) is 42.1 Å². The molecule has 0 bridgehead atoms. The lowest BCUT2D eigenvalue weighted by Crippen LogP contribution is -2.23. The van der Waals surface area contributed by atoms with Crippen LogP contribution in [0.4, 0.5) is 4.39 Å². The normalized spacial score (nSPS) is 12.6. The van der Waals surface area contributed by atoms with Gasteiger partial charge in [0.1, 0.15) is 5.82 Å². The van der Waals surface area contributed by atoms with Gasteiger partial charge >= 0.3 is 0 Å². The Morgan fingerprint density at radius 1 is 1.20 bits per heavy atom. The summed E-state index contributed by atoms with van der Waals surface area (Å²) in [5, 5.41) is 0. The maximum absolute atomic E-state index is 12.9. The van der Waals surface area contributed by atoms with Crippen molar-refractivity contribution in [3.8, 4) is 0 Å². The first-order valence-corrected chi connectivity index (χ1v) is 6.74. The van der Waals surface area contributed by atoms with Crippen LogP contribution in [-0.2, 0) is 6.54 Å². The Labute approximate surface area is 119 Å². The number of rotatable bonds is 6. The molecule has 0 aliphatic heterocycles. The Balaban J connectivity index is 1.81. The molecule has 2 N–H and O–H groups in total. The molecular weight excluding hydrogens is 253 g/mol. The van der Waals surface area contributed by atoms with Crippen LogP contribution in [0.2, 0.25) is 0 Å². The van der Waals surface area contributed by atoms with Gasteiger partial charge in [-0.05, 0) is 43.3 Å². The summed E-state index contributed by atoms with van der Waals surface area (Å²) in [6.07, 6.45) is 2.63. The summed E-state index contributed by atoms with van der Waals surface area (Å²) in [6, 6.07) is 12.2. The molecule has 0 spiro atoms. The highest BCUT2D eigenvalue weighted by Crippen LogP contribution is 2.15. The fourth-order valence-electron chi connectivity index (χ4n) is 2.08. The molecule has 0 aliphatic rings. The molecule has 3 nitrogen and oxygen atoms in total. The maximum Gasteiger partial charge on any atom is 0.123 e. The van der Waals surface area contributed by atoms with Gasteiger partial charge in [-0.1, -0.05) is 18.2 Å². The van der Waals surface area contributed by atoms with E-state index in [0.717, 1.165) is 30.8 Å². The summed E-state index contributed by atoms with van der Waals surface area (Å²) in [7, 11) is 2.05. The molecule has 0 radical (unpaired) electrons. The van der Waals surface area contributed by atoms with Gasteiger partial charge in [-0.2, -0.15) is 0 Å². The van der Waals surface area contributed by atoms with E-state index in [2.05, 4.69) is 9.88 Å². The van der Waals surface area contributed by atoms with E-state index in [4.69, 9.17) is 5.73 Å². The molecular formula is C16H20FN3. The molecule has 2 aromatic rings. The van der Waals surface area contributed by atoms with Crippen LogP contribution in [-0.4, -0.2) is 23.5 Å². The Bertz CT molecular complexity index is 513. The van der Waals surface area contributed by atoms with E-state index in [1.54, 1.807) is 18.3 Å². The van der Waals surface area contributed by atoms with Crippen molar-refractivity contribution in [2.24, 2.45) is 5.73 Å². The first kappa shape index (κ1) is 14.6. The van der Waals surface area contributed by atoms with Crippen LogP contribution in [0.3, 0.4) is 0 Å². The van der Waals surface area contributed by atoms with Gasteiger partial charge in [0.05, 0.1) is 5.69 Å². The van der Waals surface area contributed by atoms with Crippen LogP contribution in [0.1, 0.15) is 23.7 Å². The lowest BCUT2D eigenvalue weighted by molar-refractivity contribution is 0.308. The lowest BCUT2D eigenvalue weighted by atomic mass is 10.0. The van der Waals surface area contributed by atoms with Crippen molar-refractivity contribution < 1.29 is 4.39 Å². The van der Waals surface area contributed by atoms with E-state index >= 15 is 0 Å². The van der Waals surface area contributed by atoms with Crippen molar-refractivity contribution >= 4 is 0 Å². The second-order valence-electron chi connectivity index (χ2n) is 5.01. The quantitative estimate of drug-likeness (QED) is 0.880. The van der Waals surface area contributed by atoms with Gasteiger partial charge in [0.15, 0.2) is 0 Å². The van der Waals surface area contributed by atoms with Crippen molar-refractivity contribution in [2.45, 2.75) is 19.0 Å². The van der Waals surface area contributed by atoms with Gasteiger partial charge in [0, 0.05) is 25.3 Å². The van der Waals surface area contributed by atoms with Crippen LogP contribution in [0, 0.1) is 5.82 Å². The minimum Gasteiger partial charge on any atom is -0.324 e. The molecule has 0 amide bonds. The van der Waals surface area contributed by atoms with Crippen molar-refractivity contribution in [1.29, 1.82) is 0 Å². The molecule has 1 atom stereocenters. The first-order valence-electron chi connectivity index (χ1n) is 6.74. The number of hydrogen-bond acceptors (Lipinski definition) is 3. The van der Waals surface area contributed by atoms with Crippen molar-refractivity contribution in [3.63, 3.8) is 0 Å². The fourth-order valence-corrected chi connectivity index (χ4v) is 2.08. The van der Waals surface area contributed by atoms with Crippen LogP contribution in [0.5, 0.6) is 0 Å². The Kier molecular flexibility index (Phi) is 5.21. The monoisotopic (exact) mass is 273 g/mol. The molecule has 0 aliphatic carbocycles. The molecule has 2 rings (SSSR count). The number of halogens is 1. The summed E-state index contributed by atoms with van der Waals surface area (Å²) in [5.41, 5.74) is 8.14. The van der Waals surface area contributed by atoms with E-state index in [0.29, 0.717) is 0 Å². The fraction of sp³-hybridized carbons (Fsp3) is 0.312. The van der Waals surface area contributed by atoms with Gasteiger partial charge in [0.25, 0.3) is 0 Å². The largest absolute Gasteiger partial charge is 0.324 e.